The van der Waals surface area contributed by atoms with Gasteiger partial charge in [0.05, 0.1) is 24.4 Å². The van der Waals surface area contributed by atoms with E-state index in [1.165, 1.54) is 5.56 Å². The van der Waals surface area contributed by atoms with Gasteiger partial charge in [0, 0.05) is 28.5 Å². The van der Waals surface area contributed by atoms with E-state index >= 15 is 0 Å². The van der Waals surface area contributed by atoms with Crippen LogP contribution in [0.15, 0.2) is 16.7 Å². The molecule has 1 N–H and O–H groups in total. The normalized spacial score (nSPS) is 14.1. The predicted octanol–water partition coefficient (Wildman–Crippen LogP) is 2.31. The molecule has 0 radical (unpaired) electrons. The summed E-state index contributed by atoms with van der Waals surface area (Å²) in [5.74, 6) is 0.134. The third-order valence-corrected chi connectivity index (χ3v) is 4.76. The summed E-state index contributed by atoms with van der Waals surface area (Å²) < 4.78 is 1.08. The molecule has 3 rings (SSSR count). The summed E-state index contributed by atoms with van der Waals surface area (Å²) in [7, 11) is 0. The maximum Gasteiger partial charge on any atom is 0.227 e. The Morgan fingerprint density at radius 2 is 2.29 bits per heavy atom. The zero-order valence-corrected chi connectivity index (χ0v) is 13.7. The number of nitrogens with one attached hydrogen (secondary N) is 1. The van der Waals surface area contributed by atoms with Crippen molar-refractivity contribution in [2.24, 2.45) is 0 Å². The van der Waals surface area contributed by atoms with Crippen molar-refractivity contribution in [1.29, 1.82) is 0 Å². The molecule has 0 unspecified atom stereocenters. The minimum absolute atomic E-state index is 0.134. The number of pyridine rings is 1. The molecule has 6 heteroatoms. The van der Waals surface area contributed by atoms with Crippen LogP contribution in [0.2, 0.25) is 0 Å². The lowest BCUT2D eigenvalue weighted by atomic mass is 10.0. The number of aryl methyl sites for hydroxylation is 2. The number of carbonyl (C=O) groups excluding carboxylic acids is 1. The first-order valence-corrected chi connectivity index (χ1v) is 7.76. The first kappa shape index (κ1) is 14.3. The molecular formula is C15H17BrN4O. The number of fused-ring (bicyclic) bond motifs is 1. The van der Waals surface area contributed by atoms with Crippen molar-refractivity contribution in [3.8, 4) is 0 Å². The van der Waals surface area contributed by atoms with Crippen LogP contribution in [0.1, 0.15) is 28.2 Å². The van der Waals surface area contributed by atoms with Gasteiger partial charge in [-0.1, -0.05) is 15.9 Å². The maximum absolute atomic E-state index is 12.5. The van der Waals surface area contributed by atoms with Gasteiger partial charge in [-0.3, -0.25) is 14.9 Å². The highest BCUT2D eigenvalue weighted by atomic mass is 79.9. The highest BCUT2D eigenvalue weighted by molar-refractivity contribution is 9.10. The lowest BCUT2D eigenvalue weighted by Crippen LogP contribution is -2.37. The third kappa shape index (κ3) is 2.72. The molecule has 2 aromatic heterocycles. The van der Waals surface area contributed by atoms with Gasteiger partial charge in [-0.15, -0.1) is 0 Å². The summed E-state index contributed by atoms with van der Waals surface area (Å²) in [5.41, 5.74) is 5.09. The van der Waals surface area contributed by atoms with E-state index in [2.05, 4.69) is 31.1 Å². The lowest BCUT2D eigenvalue weighted by molar-refractivity contribution is -0.131. The molecule has 0 saturated carbocycles. The SMILES string of the molecule is Cc1n[nH]c(C)c1CC(=O)N1CCc2c(Br)ccnc2C1. The number of aromatic amines is 1. The number of hydrogen-bond acceptors (Lipinski definition) is 3. The minimum Gasteiger partial charge on any atom is -0.336 e. The molecule has 0 fully saturated rings. The van der Waals surface area contributed by atoms with Crippen molar-refractivity contribution in [2.45, 2.75) is 33.2 Å². The Morgan fingerprint density at radius 1 is 1.48 bits per heavy atom. The molecule has 1 aliphatic heterocycles. The van der Waals surface area contributed by atoms with Crippen LogP contribution in [-0.2, 0) is 24.2 Å². The predicted molar refractivity (Wildman–Crippen MR) is 82.8 cm³/mol. The van der Waals surface area contributed by atoms with Crippen molar-refractivity contribution in [3.63, 3.8) is 0 Å². The van der Waals surface area contributed by atoms with Gasteiger partial charge in [0.1, 0.15) is 0 Å². The number of aromatic nitrogens is 3. The quantitative estimate of drug-likeness (QED) is 0.905. The van der Waals surface area contributed by atoms with E-state index < -0.39 is 0 Å². The second kappa shape index (κ2) is 5.60. The Morgan fingerprint density at radius 3 is 3.00 bits per heavy atom. The number of hydrogen-bond donors (Lipinski definition) is 1. The van der Waals surface area contributed by atoms with E-state index in [0.29, 0.717) is 13.0 Å². The first-order chi connectivity index (χ1) is 10.1. The molecule has 0 bridgehead atoms. The van der Waals surface area contributed by atoms with E-state index in [9.17, 15) is 4.79 Å². The molecule has 2 aromatic rings. The number of nitrogens with zero attached hydrogens (tertiary/aromatic N) is 3. The maximum atomic E-state index is 12.5. The topological polar surface area (TPSA) is 61.9 Å². The minimum atomic E-state index is 0.134. The molecule has 0 atom stereocenters. The number of amides is 1. The molecule has 5 nitrogen and oxygen atoms in total. The summed E-state index contributed by atoms with van der Waals surface area (Å²) in [6.45, 7) is 5.21. The van der Waals surface area contributed by atoms with Gasteiger partial charge >= 0.3 is 0 Å². The van der Waals surface area contributed by atoms with Gasteiger partial charge in [0.15, 0.2) is 0 Å². The zero-order chi connectivity index (χ0) is 15.0. The average Bonchev–Trinajstić information content (AvgIpc) is 2.79. The molecule has 0 saturated heterocycles. The van der Waals surface area contributed by atoms with Gasteiger partial charge in [0.2, 0.25) is 5.91 Å². The van der Waals surface area contributed by atoms with Crippen LogP contribution in [-0.4, -0.2) is 32.5 Å². The van der Waals surface area contributed by atoms with Gasteiger partial charge in [-0.25, -0.2) is 0 Å². The fourth-order valence-electron chi connectivity index (χ4n) is 2.73. The molecule has 3 heterocycles. The lowest BCUT2D eigenvalue weighted by Gasteiger charge is -2.28. The number of halogens is 1. The van der Waals surface area contributed by atoms with Crippen molar-refractivity contribution >= 4 is 21.8 Å². The van der Waals surface area contributed by atoms with Crippen LogP contribution in [0, 0.1) is 13.8 Å². The van der Waals surface area contributed by atoms with Gasteiger partial charge in [-0.05, 0) is 31.9 Å². The van der Waals surface area contributed by atoms with Crippen LogP contribution in [0.4, 0.5) is 0 Å². The first-order valence-electron chi connectivity index (χ1n) is 6.96. The fraction of sp³-hybridized carbons (Fsp3) is 0.400. The van der Waals surface area contributed by atoms with Crippen LogP contribution in [0.3, 0.4) is 0 Å². The monoisotopic (exact) mass is 348 g/mol. The Hall–Kier alpha value is -1.69. The summed E-state index contributed by atoms with van der Waals surface area (Å²) in [5, 5.41) is 7.08. The molecule has 1 aliphatic rings. The highest BCUT2D eigenvalue weighted by Gasteiger charge is 2.24. The van der Waals surface area contributed by atoms with Gasteiger partial charge < -0.3 is 4.90 Å². The fourth-order valence-corrected chi connectivity index (χ4v) is 3.27. The van der Waals surface area contributed by atoms with Crippen LogP contribution in [0.5, 0.6) is 0 Å². The Balaban J connectivity index is 1.76. The standard InChI is InChI=1S/C15H17BrN4O/c1-9-12(10(2)19-18-9)7-15(21)20-6-4-11-13(16)3-5-17-14(11)8-20/h3,5H,4,6-8H2,1-2H3,(H,18,19). The van der Waals surface area contributed by atoms with Crippen molar-refractivity contribution in [3.05, 3.63) is 44.9 Å². The Kier molecular flexibility index (Phi) is 3.80. The summed E-state index contributed by atoms with van der Waals surface area (Å²) >= 11 is 3.55. The Labute approximate surface area is 131 Å². The molecule has 0 aromatic carbocycles. The third-order valence-electron chi connectivity index (χ3n) is 4.02. The number of rotatable bonds is 2. The van der Waals surface area contributed by atoms with E-state index in [1.54, 1.807) is 6.20 Å². The van der Waals surface area contributed by atoms with E-state index in [-0.39, 0.29) is 5.91 Å². The van der Waals surface area contributed by atoms with E-state index in [0.717, 1.165) is 40.1 Å². The van der Waals surface area contributed by atoms with Crippen LogP contribution in [0.25, 0.3) is 0 Å². The Bertz CT molecular complexity index is 675. The highest BCUT2D eigenvalue weighted by Crippen LogP contribution is 2.25. The van der Waals surface area contributed by atoms with Crippen LogP contribution >= 0.6 is 15.9 Å². The molecule has 0 aliphatic carbocycles. The summed E-state index contributed by atoms with van der Waals surface area (Å²) in [6, 6.07) is 1.95. The van der Waals surface area contributed by atoms with Gasteiger partial charge in [0.25, 0.3) is 0 Å². The molecule has 21 heavy (non-hydrogen) atoms. The second-order valence-electron chi connectivity index (χ2n) is 5.37. The number of H-pyrrole nitrogens is 1. The largest absolute Gasteiger partial charge is 0.336 e. The smallest absolute Gasteiger partial charge is 0.227 e. The summed E-state index contributed by atoms with van der Waals surface area (Å²) in [6.07, 6.45) is 3.03. The van der Waals surface area contributed by atoms with Crippen molar-refractivity contribution < 1.29 is 4.79 Å². The van der Waals surface area contributed by atoms with Gasteiger partial charge in [-0.2, -0.15) is 5.10 Å². The van der Waals surface area contributed by atoms with E-state index in [4.69, 9.17) is 0 Å². The second-order valence-corrected chi connectivity index (χ2v) is 6.23. The van der Waals surface area contributed by atoms with E-state index in [1.807, 2.05) is 24.8 Å². The molecule has 0 spiro atoms. The molecule has 1 amide bonds. The van der Waals surface area contributed by atoms with Crippen molar-refractivity contribution in [2.75, 3.05) is 6.54 Å². The van der Waals surface area contributed by atoms with Crippen molar-refractivity contribution in [1.82, 2.24) is 20.1 Å². The van der Waals surface area contributed by atoms with Crippen LogP contribution < -0.4 is 0 Å². The number of carbonyl (C=O) groups is 1. The zero-order valence-electron chi connectivity index (χ0n) is 12.1. The molecular weight excluding hydrogens is 332 g/mol. The average molecular weight is 349 g/mol. The molecule has 110 valence electrons. The summed E-state index contributed by atoms with van der Waals surface area (Å²) in [4.78, 5) is 18.8.